The summed E-state index contributed by atoms with van der Waals surface area (Å²) in [5.74, 6) is 0.588. The molecule has 0 aliphatic rings. The van der Waals surface area contributed by atoms with E-state index in [1.54, 1.807) is 30.4 Å². The van der Waals surface area contributed by atoms with E-state index in [9.17, 15) is 4.79 Å². The van der Waals surface area contributed by atoms with Gasteiger partial charge >= 0.3 is 0 Å². The number of pyridine rings is 2. The Morgan fingerprint density at radius 1 is 1.31 bits per heavy atom. The molecule has 0 aliphatic carbocycles. The van der Waals surface area contributed by atoms with E-state index >= 15 is 0 Å². The number of amides is 1. The summed E-state index contributed by atoms with van der Waals surface area (Å²) in [6, 6.07) is 7.50. The molecule has 1 unspecified atom stereocenters. The topological polar surface area (TPSA) is 99.2 Å². The number of hydrogen-bond acceptors (Lipinski definition) is 6. The fourth-order valence-corrected chi connectivity index (χ4v) is 3.64. The van der Waals surface area contributed by atoms with Gasteiger partial charge in [0.1, 0.15) is 11.8 Å². The first-order valence-corrected chi connectivity index (χ1v) is 11.4. The van der Waals surface area contributed by atoms with Gasteiger partial charge in [-0.15, -0.1) is 0 Å². The summed E-state index contributed by atoms with van der Waals surface area (Å²) >= 11 is 2.15. The molecule has 0 bridgehead atoms. The van der Waals surface area contributed by atoms with Crippen molar-refractivity contribution in [3.63, 3.8) is 0 Å². The summed E-state index contributed by atoms with van der Waals surface area (Å²) in [4.78, 5) is 23.4. The molecule has 3 rings (SSSR count). The number of halogens is 1. The van der Waals surface area contributed by atoms with Gasteiger partial charge in [-0.05, 0) is 47.7 Å². The van der Waals surface area contributed by atoms with Crippen molar-refractivity contribution in [1.82, 2.24) is 24.6 Å². The van der Waals surface area contributed by atoms with Gasteiger partial charge in [-0.25, -0.2) is 4.98 Å². The number of aromatic nitrogens is 4. The van der Waals surface area contributed by atoms with E-state index in [0.29, 0.717) is 29.4 Å². The number of aryl methyl sites for hydroxylation is 1. The van der Waals surface area contributed by atoms with Gasteiger partial charge in [0, 0.05) is 41.0 Å². The van der Waals surface area contributed by atoms with E-state index in [2.05, 4.69) is 58.4 Å². The van der Waals surface area contributed by atoms with Crippen LogP contribution in [0.3, 0.4) is 0 Å². The van der Waals surface area contributed by atoms with Crippen LogP contribution >= 0.6 is 22.6 Å². The molecule has 0 saturated heterocycles. The van der Waals surface area contributed by atoms with Crippen molar-refractivity contribution >= 4 is 34.3 Å². The number of carbonyl (C=O) groups excluding carboxylic acids is 1. The molecule has 0 aliphatic heterocycles. The second-order valence-corrected chi connectivity index (χ2v) is 10.0. The number of rotatable bonds is 6. The average Bonchev–Trinajstić information content (AvgIpc) is 3.11. The summed E-state index contributed by atoms with van der Waals surface area (Å²) < 4.78 is 8.77. The van der Waals surface area contributed by atoms with Crippen molar-refractivity contribution in [3.8, 4) is 5.75 Å². The van der Waals surface area contributed by atoms with Gasteiger partial charge in [0.05, 0.1) is 17.9 Å². The average molecular weight is 548 g/mol. The lowest BCUT2D eigenvalue weighted by Crippen LogP contribution is -2.29. The monoisotopic (exact) mass is 548 g/mol. The lowest BCUT2D eigenvalue weighted by molar-refractivity contribution is 0.0770. The minimum absolute atomic E-state index is 0.0640. The highest BCUT2D eigenvalue weighted by Crippen LogP contribution is 2.29. The molecular weight excluding hydrogens is 519 g/mol. The maximum atomic E-state index is 13.3. The van der Waals surface area contributed by atoms with Crippen LogP contribution in [-0.4, -0.2) is 37.6 Å². The van der Waals surface area contributed by atoms with Crippen molar-refractivity contribution in [2.24, 2.45) is 7.05 Å². The predicted molar refractivity (Wildman–Crippen MR) is 132 cm³/mol. The van der Waals surface area contributed by atoms with Gasteiger partial charge in [-0.1, -0.05) is 26.8 Å². The molecule has 1 atom stereocenters. The highest BCUT2D eigenvalue weighted by atomic mass is 127. The van der Waals surface area contributed by atoms with Crippen LogP contribution in [0.5, 0.6) is 5.75 Å². The maximum Gasteiger partial charge on any atom is 0.272 e. The number of ether oxygens (including phenoxy) is 1. The molecule has 3 heterocycles. The Labute approximate surface area is 202 Å². The van der Waals surface area contributed by atoms with E-state index < -0.39 is 6.10 Å². The third-order valence-corrected chi connectivity index (χ3v) is 5.71. The van der Waals surface area contributed by atoms with E-state index in [4.69, 9.17) is 10.5 Å². The Morgan fingerprint density at radius 3 is 2.69 bits per heavy atom. The highest BCUT2D eigenvalue weighted by molar-refractivity contribution is 14.1. The quantitative estimate of drug-likeness (QED) is 0.466. The van der Waals surface area contributed by atoms with E-state index in [1.165, 1.54) is 0 Å². The van der Waals surface area contributed by atoms with Gasteiger partial charge in [0.25, 0.3) is 5.91 Å². The van der Waals surface area contributed by atoms with Crippen LogP contribution in [0.25, 0.3) is 0 Å². The molecule has 170 valence electrons. The maximum absolute atomic E-state index is 13.3. The molecule has 32 heavy (non-hydrogen) atoms. The number of carbonyl (C=O) groups is 1. The summed E-state index contributed by atoms with van der Waals surface area (Å²) in [6.07, 6.45) is 2.84. The number of anilines is 1. The van der Waals surface area contributed by atoms with E-state index in [0.717, 1.165) is 15.0 Å². The van der Waals surface area contributed by atoms with Gasteiger partial charge in [0.2, 0.25) is 0 Å². The first-order valence-electron chi connectivity index (χ1n) is 10.3. The molecule has 8 nitrogen and oxygen atoms in total. The minimum atomic E-state index is -0.442. The SMILES string of the molecule is CC(Oc1cc(I)cnc1N)c1cccnc1C(=O)N(C)Cc1cc(C(C)(C)C)nn1C. The number of nitrogens with two attached hydrogens (primary N) is 1. The number of nitrogens with zero attached hydrogens (tertiary/aromatic N) is 5. The third kappa shape index (κ3) is 5.37. The van der Waals surface area contributed by atoms with Gasteiger partial charge in [-0.2, -0.15) is 5.10 Å². The molecule has 2 N–H and O–H groups in total. The van der Waals surface area contributed by atoms with Gasteiger partial charge < -0.3 is 15.4 Å². The molecule has 3 aromatic rings. The van der Waals surface area contributed by atoms with Crippen LogP contribution in [0.1, 0.15) is 61.2 Å². The van der Waals surface area contributed by atoms with Crippen molar-refractivity contribution in [2.45, 2.75) is 45.8 Å². The summed E-state index contributed by atoms with van der Waals surface area (Å²) in [5, 5.41) is 4.60. The standard InChI is InChI=1S/C23H29IN6O2/c1-14(32-18-10-15(24)12-27-21(18)25)17-8-7-9-26-20(17)22(31)29(5)13-16-11-19(23(2,3)4)28-30(16)6/h7-12,14H,13H2,1-6H3,(H2,25,27). The second-order valence-electron chi connectivity index (χ2n) is 8.79. The molecule has 9 heteroatoms. The Balaban J connectivity index is 1.82. The Hall–Kier alpha value is -2.69. The fraction of sp³-hybridized carbons (Fsp3) is 0.391. The van der Waals surface area contributed by atoms with Crippen molar-refractivity contribution in [3.05, 3.63) is 62.9 Å². The van der Waals surface area contributed by atoms with Crippen molar-refractivity contribution < 1.29 is 9.53 Å². The summed E-state index contributed by atoms with van der Waals surface area (Å²) in [6.45, 7) is 8.63. The predicted octanol–water partition coefficient (Wildman–Crippen LogP) is 4.11. The zero-order chi connectivity index (χ0) is 23.6. The molecule has 0 aromatic carbocycles. The molecule has 0 saturated carbocycles. The fourth-order valence-electron chi connectivity index (χ4n) is 3.22. The minimum Gasteiger partial charge on any atom is -0.482 e. The van der Waals surface area contributed by atoms with Crippen molar-refractivity contribution in [1.29, 1.82) is 0 Å². The Morgan fingerprint density at radius 2 is 2.03 bits per heavy atom. The zero-order valence-corrected chi connectivity index (χ0v) is 21.4. The molecule has 0 spiro atoms. The normalized spacial score (nSPS) is 12.5. The third-order valence-electron chi connectivity index (χ3n) is 5.12. The van der Waals surface area contributed by atoms with E-state index in [-0.39, 0.29) is 11.3 Å². The number of nitrogen functional groups attached to an aromatic ring is 1. The molecular formula is C23H29IN6O2. The lowest BCUT2D eigenvalue weighted by Gasteiger charge is -2.21. The lowest BCUT2D eigenvalue weighted by atomic mass is 9.92. The largest absolute Gasteiger partial charge is 0.482 e. The number of hydrogen-bond donors (Lipinski definition) is 1. The smallest absolute Gasteiger partial charge is 0.272 e. The van der Waals surface area contributed by atoms with Crippen LogP contribution < -0.4 is 10.5 Å². The molecule has 0 radical (unpaired) electrons. The molecule has 3 aromatic heterocycles. The molecule has 1 amide bonds. The van der Waals surface area contributed by atoms with Crippen LogP contribution in [0.15, 0.2) is 36.7 Å². The molecule has 0 fully saturated rings. The van der Waals surface area contributed by atoms with E-state index in [1.807, 2.05) is 36.9 Å². The van der Waals surface area contributed by atoms with Crippen LogP contribution in [0.2, 0.25) is 0 Å². The van der Waals surface area contributed by atoms with Crippen molar-refractivity contribution in [2.75, 3.05) is 12.8 Å². The highest BCUT2D eigenvalue weighted by Gasteiger charge is 2.24. The second kappa shape index (κ2) is 9.43. The Bertz CT molecular complexity index is 1120. The zero-order valence-electron chi connectivity index (χ0n) is 19.3. The first-order chi connectivity index (χ1) is 15.0. The van der Waals surface area contributed by atoms with Crippen LogP contribution in [0, 0.1) is 3.57 Å². The summed E-state index contributed by atoms with van der Waals surface area (Å²) in [7, 11) is 3.65. The van der Waals surface area contributed by atoms with Crippen LogP contribution in [-0.2, 0) is 19.0 Å². The Kier molecular flexibility index (Phi) is 7.06. The summed E-state index contributed by atoms with van der Waals surface area (Å²) in [5.41, 5.74) is 8.86. The van der Waals surface area contributed by atoms with Gasteiger partial charge in [-0.3, -0.25) is 14.5 Å². The van der Waals surface area contributed by atoms with Gasteiger partial charge in [0.15, 0.2) is 11.6 Å². The first kappa shape index (κ1) is 24.0. The van der Waals surface area contributed by atoms with Crippen LogP contribution in [0.4, 0.5) is 5.82 Å².